The molecule has 5 nitrogen and oxygen atoms in total. The molecule has 10 heteroatoms. The van der Waals surface area contributed by atoms with Crippen LogP contribution in [0.25, 0.3) is 0 Å². The summed E-state index contributed by atoms with van der Waals surface area (Å²) >= 11 is 0. The Kier molecular flexibility index (Phi) is 4.97. The van der Waals surface area contributed by atoms with Crippen LogP contribution in [0.3, 0.4) is 0 Å². The highest BCUT2D eigenvalue weighted by molar-refractivity contribution is 6.02. The highest BCUT2D eigenvalue weighted by Crippen LogP contribution is 2.21. The van der Waals surface area contributed by atoms with Gasteiger partial charge in [0, 0.05) is 6.07 Å². The Labute approximate surface area is 148 Å². The van der Waals surface area contributed by atoms with E-state index in [-0.39, 0.29) is 17.2 Å². The van der Waals surface area contributed by atoms with E-state index in [0.717, 1.165) is 18.2 Å². The number of halogens is 5. The summed E-state index contributed by atoms with van der Waals surface area (Å²) in [5, 5.41) is 11.8. The van der Waals surface area contributed by atoms with Gasteiger partial charge in [-0.25, -0.2) is 22.0 Å². The lowest BCUT2D eigenvalue weighted by atomic mass is 10.2. The number of rotatable bonds is 4. The van der Waals surface area contributed by atoms with Crippen molar-refractivity contribution in [2.75, 3.05) is 10.6 Å². The maximum absolute atomic E-state index is 13.6. The molecule has 0 fully saturated rings. The third-order valence-electron chi connectivity index (χ3n) is 3.37. The summed E-state index contributed by atoms with van der Waals surface area (Å²) in [7, 11) is 0. The van der Waals surface area contributed by atoms with E-state index >= 15 is 0 Å². The van der Waals surface area contributed by atoms with Crippen LogP contribution in [0, 0.1) is 29.1 Å². The molecule has 3 aromatic rings. The lowest BCUT2D eigenvalue weighted by molar-refractivity contribution is 0.102. The maximum atomic E-state index is 13.6. The number of nitrogens with zero attached hydrogens (tertiary/aromatic N) is 2. The third-order valence-corrected chi connectivity index (χ3v) is 3.37. The van der Waals surface area contributed by atoms with Gasteiger partial charge in [0.05, 0.1) is 11.4 Å². The molecule has 0 aliphatic rings. The fourth-order valence-corrected chi connectivity index (χ4v) is 2.06. The maximum Gasteiger partial charge on any atom is 0.276 e. The number of hydrogen-bond acceptors (Lipinski definition) is 4. The van der Waals surface area contributed by atoms with Crippen LogP contribution >= 0.6 is 0 Å². The number of benzene rings is 2. The number of carbonyl (C=O) groups is 1. The van der Waals surface area contributed by atoms with Crippen LogP contribution in [0.5, 0.6) is 0 Å². The molecule has 0 saturated carbocycles. The van der Waals surface area contributed by atoms with E-state index in [2.05, 4.69) is 15.5 Å². The molecule has 27 heavy (non-hydrogen) atoms. The Bertz CT molecular complexity index is 1010. The molecule has 2 N–H and O–H groups in total. The zero-order valence-electron chi connectivity index (χ0n) is 13.2. The normalized spacial score (nSPS) is 10.6. The van der Waals surface area contributed by atoms with Crippen LogP contribution < -0.4 is 10.6 Å². The first kappa shape index (κ1) is 18.2. The molecule has 1 heterocycles. The Hall–Kier alpha value is -3.56. The number of hydrogen-bond donors (Lipinski definition) is 2. The van der Waals surface area contributed by atoms with Gasteiger partial charge in [-0.05, 0) is 36.4 Å². The lowest BCUT2D eigenvalue weighted by Crippen LogP contribution is -2.16. The fourth-order valence-electron chi connectivity index (χ4n) is 2.06. The zero-order chi connectivity index (χ0) is 19.6. The molecule has 0 aliphatic heterocycles. The highest BCUT2D eigenvalue weighted by atomic mass is 19.2. The van der Waals surface area contributed by atoms with Crippen molar-refractivity contribution in [1.29, 1.82) is 0 Å². The average molecular weight is 380 g/mol. The van der Waals surface area contributed by atoms with E-state index in [1.54, 1.807) is 0 Å². The van der Waals surface area contributed by atoms with Crippen molar-refractivity contribution >= 4 is 23.1 Å². The topological polar surface area (TPSA) is 66.9 Å². The van der Waals surface area contributed by atoms with Crippen LogP contribution in [0.1, 0.15) is 10.5 Å². The van der Waals surface area contributed by atoms with Crippen molar-refractivity contribution in [2.24, 2.45) is 0 Å². The minimum Gasteiger partial charge on any atom is -0.336 e. The highest BCUT2D eigenvalue weighted by Gasteiger charge is 2.17. The van der Waals surface area contributed by atoms with Crippen LogP contribution in [0.15, 0.2) is 42.5 Å². The van der Waals surface area contributed by atoms with Crippen molar-refractivity contribution in [2.45, 2.75) is 0 Å². The number of amides is 1. The van der Waals surface area contributed by atoms with Crippen molar-refractivity contribution in [3.05, 3.63) is 77.2 Å². The molecule has 0 bridgehead atoms. The molecule has 0 aliphatic carbocycles. The second-order valence-electron chi connectivity index (χ2n) is 5.23. The van der Waals surface area contributed by atoms with Gasteiger partial charge in [0.1, 0.15) is 11.6 Å². The van der Waals surface area contributed by atoms with Gasteiger partial charge in [-0.15, -0.1) is 10.2 Å². The molecule has 0 radical (unpaired) electrons. The monoisotopic (exact) mass is 380 g/mol. The predicted molar refractivity (Wildman–Crippen MR) is 85.9 cm³/mol. The van der Waals surface area contributed by atoms with E-state index < -0.39 is 40.7 Å². The second kappa shape index (κ2) is 7.36. The number of nitrogens with one attached hydrogen (secondary N) is 2. The van der Waals surface area contributed by atoms with E-state index in [1.807, 2.05) is 5.32 Å². The predicted octanol–water partition coefficient (Wildman–Crippen LogP) is 4.17. The molecular formula is C17H9F5N4O. The number of aromatic nitrogens is 2. The first-order chi connectivity index (χ1) is 12.8. The van der Waals surface area contributed by atoms with Crippen molar-refractivity contribution in [3.63, 3.8) is 0 Å². The Morgan fingerprint density at radius 3 is 2.19 bits per heavy atom. The van der Waals surface area contributed by atoms with E-state index in [4.69, 9.17) is 0 Å². The van der Waals surface area contributed by atoms with Crippen molar-refractivity contribution in [3.8, 4) is 0 Å². The van der Waals surface area contributed by atoms with Crippen molar-refractivity contribution < 1.29 is 26.7 Å². The van der Waals surface area contributed by atoms with Gasteiger partial charge in [-0.1, -0.05) is 0 Å². The standard InChI is InChI=1S/C17H9F5N4O/c18-8-1-3-11(10(20)7-8)23-14-6-5-13(25-26-14)17(27)24-12-4-2-9(19)15(21)16(12)22/h1-7H,(H,23,26)(H,24,27). The third kappa shape index (κ3) is 4.00. The zero-order valence-corrected chi connectivity index (χ0v) is 13.2. The minimum atomic E-state index is -1.72. The summed E-state index contributed by atoms with van der Waals surface area (Å²) in [5.41, 5.74) is -0.896. The molecule has 0 saturated heterocycles. The van der Waals surface area contributed by atoms with Gasteiger partial charge in [-0.3, -0.25) is 4.79 Å². The molecule has 138 valence electrons. The SMILES string of the molecule is O=C(Nc1ccc(F)c(F)c1F)c1ccc(Nc2ccc(F)cc2F)nn1. The minimum absolute atomic E-state index is 0.0519. The summed E-state index contributed by atoms with van der Waals surface area (Å²) in [4.78, 5) is 12.0. The van der Waals surface area contributed by atoms with Crippen LogP contribution in [-0.4, -0.2) is 16.1 Å². The molecule has 2 aromatic carbocycles. The molecule has 0 unspecified atom stereocenters. The molecule has 1 aromatic heterocycles. The van der Waals surface area contributed by atoms with Gasteiger partial charge in [0.25, 0.3) is 5.91 Å². The molecule has 0 atom stereocenters. The largest absolute Gasteiger partial charge is 0.336 e. The number of anilines is 3. The summed E-state index contributed by atoms with van der Waals surface area (Å²) in [6.07, 6.45) is 0. The Morgan fingerprint density at radius 2 is 1.52 bits per heavy atom. The Morgan fingerprint density at radius 1 is 0.778 bits per heavy atom. The molecule has 3 rings (SSSR count). The Balaban J connectivity index is 1.73. The van der Waals surface area contributed by atoms with E-state index in [0.29, 0.717) is 12.1 Å². The quantitative estimate of drug-likeness (QED) is 0.527. The summed E-state index contributed by atoms with van der Waals surface area (Å²) in [6.45, 7) is 0. The molecule has 0 spiro atoms. The van der Waals surface area contributed by atoms with Crippen LogP contribution in [0.4, 0.5) is 39.1 Å². The van der Waals surface area contributed by atoms with Gasteiger partial charge in [0.2, 0.25) is 0 Å². The van der Waals surface area contributed by atoms with Gasteiger partial charge in [0.15, 0.2) is 29.0 Å². The lowest BCUT2D eigenvalue weighted by Gasteiger charge is -2.08. The van der Waals surface area contributed by atoms with Gasteiger partial charge in [-0.2, -0.15) is 0 Å². The first-order valence-electron chi connectivity index (χ1n) is 7.36. The number of carbonyl (C=O) groups excluding carboxylic acids is 1. The molecular weight excluding hydrogens is 371 g/mol. The van der Waals surface area contributed by atoms with Gasteiger partial charge < -0.3 is 10.6 Å². The summed E-state index contributed by atoms with van der Waals surface area (Å²) < 4.78 is 66.1. The van der Waals surface area contributed by atoms with Crippen LogP contribution in [-0.2, 0) is 0 Å². The van der Waals surface area contributed by atoms with E-state index in [9.17, 15) is 26.7 Å². The fraction of sp³-hybridized carbons (Fsp3) is 0. The molecule has 1 amide bonds. The van der Waals surface area contributed by atoms with Crippen molar-refractivity contribution in [1.82, 2.24) is 10.2 Å². The smallest absolute Gasteiger partial charge is 0.276 e. The first-order valence-corrected chi connectivity index (χ1v) is 7.36. The van der Waals surface area contributed by atoms with Gasteiger partial charge >= 0.3 is 0 Å². The summed E-state index contributed by atoms with van der Waals surface area (Å²) in [5.74, 6) is -7.15. The van der Waals surface area contributed by atoms with Crippen LogP contribution in [0.2, 0.25) is 0 Å². The van der Waals surface area contributed by atoms with E-state index in [1.165, 1.54) is 12.1 Å². The summed E-state index contributed by atoms with van der Waals surface area (Å²) in [6, 6.07) is 6.83. The second-order valence-corrected chi connectivity index (χ2v) is 5.23. The average Bonchev–Trinajstić information content (AvgIpc) is 2.65.